The summed E-state index contributed by atoms with van der Waals surface area (Å²) in [4.78, 5) is 14.0. The van der Waals surface area contributed by atoms with Gasteiger partial charge < -0.3 is 19.1 Å². The molecule has 0 radical (unpaired) electrons. The lowest BCUT2D eigenvalue weighted by Crippen LogP contribution is -2.52. The monoisotopic (exact) mass is 425 g/mol. The van der Waals surface area contributed by atoms with E-state index in [1.165, 1.54) is 0 Å². The van der Waals surface area contributed by atoms with E-state index in [4.69, 9.17) is 14.2 Å². The Labute approximate surface area is 147 Å². The highest BCUT2D eigenvalue weighted by Crippen LogP contribution is 2.33. The largest absolute Gasteiger partial charge is 0.444 e. The van der Waals surface area contributed by atoms with Crippen LogP contribution in [0.3, 0.4) is 0 Å². The molecule has 1 amide bonds. The number of halogens is 1. The van der Waals surface area contributed by atoms with Gasteiger partial charge in [-0.1, -0.05) is 29.5 Å². The molecule has 22 heavy (non-hydrogen) atoms. The minimum atomic E-state index is -0.442. The Balaban J connectivity index is 1.89. The van der Waals surface area contributed by atoms with Gasteiger partial charge in [-0.25, -0.2) is 4.79 Å². The van der Waals surface area contributed by atoms with Crippen molar-refractivity contribution in [3.05, 3.63) is 0 Å². The third-order valence-corrected chi connectivity index (χ3v) is 5.66. The standard InChI is InChI=1S/C16H28INO4/c1-12-9-20-10-13(12)21-16(11-17)5-7-18(8-6-16)14(19)22-15(2,3)4/h12-13H,5-11H2,1-4H3. The summed E-state index contributed by atoms with van der Waals surface area (Å²) in [6.45, 7) is 10.7. The first-order chi connectivity index (χ1) is 10.2. The van der Waals surface area contributed by atoms with Gasteiger partial charge in [0.15, 0.2) is 0 Å². The molecule has 2 atom stereocenters. The van der Waals surface area contributed by atoms with Crippen LogP contribution in [0.1, 0.15) is 40.5 Å². The van der Waals surface area contributed by atoms with Crippen molar-refractivity contribution in [2.75, 3.05) is 30.7 Å². The van der Waals surface area contributed by atoms with E-state index in [2.05, 4.69) is 29.5 Å². The van der Waals surface area contributed by atoms with E-state index in [1.54, 1.807) is 4.90 Å². The summed E-state index contributed by atoms with van der Waals surface area (Å²) < 4.78 is 18.3. The Morgan fingerprint density at radius 3 is 2.41 bits per heavy atom. The molecule has 0 bridgehead atoms. The van der Waals surface area contributed by atoms with Crippen LogP contribution < -0.4 is 0 Å². The number of piperidine rings is 1. The van der Waals surface area contributed by atoms with Crippen LogP contribution in [-0.2, 0) is 14.2 Å². The predicted molar refractivity (Wildman–Crippen MR) is 93.5 cm³/mol. The lowest BCUT2D eigenvalue weighted by atomic mass is 9.92. The van der Waals surface area contributed by atoms with E-state index in [-0.39, 0.29) is 17.8 Å². The van der Waals surface area contributed by atoms with Gasteiger partial charge in [-0.2, -0.15) is 0 Å². The van der Waals surface area contributed by atoms with Gasteiger partial charge >= 0.3 is 6.09 Å². The number of carbonyl (C=O) groups is 1. The van der Waals surface area contributed by atoms with Crippen molar-refractivity contribution >= 4 is 28.7 Å². The average molecular weight is 425 g/mol. The molecule has 0 spiro atoms. The lowest BCUT2D eigenvalue weighted by Gasteiger charge is -2.42. The molecule has 128 valence electrons. The van der Waals surface area contributed by atoms with Crippen LogP contribution in [0.25, 0.3) is 0 Å². The molecule has 0 aromatic carbocycles. The van der Waals surface area contributed by atoms with Crippen LogP contribution in [0, 0.1) is 5.92 Å². The Kier molecular flexibility index (Phi) is 5.99. The number of carbonyl (C=O) groups excluding carboxylic acids is 1. The molecule has 6 heteroatoms. The lowest BCUT2D eigenvalue weighted by molar-refractivity contribution is -0.115. The number of hydrogen-bond donors (Lipinski definition) is 0. The Morgan fingerprint density at radius 1 is 1.32 bits per heavy atom. The third-order valence-electron chi connectivity index (χ3n) is 4.27. The second-order valence-electron chi connectivity index (χ2n) is 7.46. The molecule has 2 heterocycles. The SMILES string of the molecule is CC1COCC1OC1(CI)CCN(C(=O)OC(C)(C)C)CC1. The van der Waals surface area contributed by atoms with Gasteiger partial charge in [0.1, 0.15) is 5.60 Å². The number of nitrogens with zero attached hydrogens (tertiary/aromatic N) is 1. The smallest absolute Gasteiger partial charge is 0.410 e. The van der Waals surface area contributed by atoms with Crippen LogP contribution in [-0.4, -0.2) is 59.0 Å². The fourth-order valence-electron chi connectivity index (χ4n) is 2.82. The first-order valence-corrected chi connectivity index (χ1v) is 9.57. The summed E-state index contributed by atoms with van der Waals surface area (Å²) in [7, 11) is 0. The van der Waals surface area contributed by atoms with Crippen molar-refractivity contribution in [2.24, 2.45) is 5.92 Å². The fraction of sp³-hybridized carbons (Fsp3) is 0.938. The highest BCUT2D eigenvalue weighted by molar-refractivity contribution is 14.1. The average Bonchev–Trinajstić information content (AvgIpc) is 2.83. The molecular formula is C16H28INO4. The predicted octanol–water partition coefficient (Wildman–Crippen LogP) is 3.24. The van der Waals surface area contributed by atoms with Crippen LogP contribution in [0.15, 0.2) is 0 Å². The van der Waals surface area contributed by atoms with E-state index in [1.807, 2.05) is 20.8 Å². The van der Waals surface area contributed by atoms with Gasteiger partial charge in [-0.15, -0.1) is 0 Å². The van der Waals surface area contributed by atoms with Crippen molar-refractivity contribution in [1.29, 1.82) is 0 Å². The summed E-state index contributed by atoms with van der Waals surface area (Å²) in [6, 6.07) is 0. The fourth-order valence-corrected chi connectivity index (χ4v) is 3.76. The molecule has 2 rings (SSSR count). The summed E-state index contributed by atoms with van der Waals surface area (Å²) in [6.07, 6.45) is 1.69. The quantitative estimate of drug-likeness (QED) is 0.515. The maximum Gasteiger partial charge on any atom is 0.410 e. The zero-order chi connectivity index (χ0) is 16.4. The van der Waals surface area contributed by atoms with Gasteiger partial charge in [-0.05, 0) is 33.6 Å². The molecular weight excluding hydrogens is 397 g/mol. The summed E-state index contributed by atoms with van der Waals surface area (Å²) in [5, 5.41) is 0. The van der Waals surface area contributed by atoms with Crippen LogP contribution in [0.5, 0.6) is 0 Å². The van der Waals surface area contributed by atoms with Gasteiger partial charge in [0.05, 0.1) is 24.9 Å². The van der Waals surface area contributed by atoms with Crippen LogP contribution in [0.2, 0.25) is 0 Å². The number of hydrogen-bond acceptors (Lipinski definition) is 4. The first kappa shape index (κ1) is 18.3. The van der Waals surface area contributed by atoms with Crippen molar-refractivity contribution in [3.8, 4) is 0 Å². The molecule has 0 saturated carbocycles. The molecule has 2 fully saturated rings. The molecule has 0 aromatic rings. The number of ether oxygens (including phenoxy) is 3. The third kappa shape index (κ3) is 4.71. The van der Waals surface area contributed by atoms with Gasteiger partial charge in [-0.3, -0.25) is 0 Å². The maximum absolute atomic E-state index is 12.2. The van der Waals surface area contributed by atoms with E-state index < -0.39 is 5.60 Å². The normalized spacial score (nSPS) is 28.7. The maximum atomic E-state index is 12.2. The first-order valence-electron chi connectivity index (χ1n) is 8.04. The van der Waals surface area contributed by atoms with E-state index in [9.17, 15) is 4.79 Å². The second kappa shape index (κ2) is 7.21. The highest BCUT2D eigenvalue weighted by Gasteiger charge is 2.41. The van der Waals surface area contributed by atoms with Crippen LogP contribution >= 0.6 is 22.6 Å². The second-order valence-corrected chi connectivity index (χ2v) is 8.22. The molecule has 2 aliphatic heterocycles. The Bertz CT molecular complexity index is 388. The highest BCUT2D eigenvalue weighted by atomic mass is 127. The van der Waals surface area contributed by atoms with Gasteiger partial charge in [0, 0.05) is 23.4 Å². The van der Waals surface area contributed by atoms with Crippen LogP contribution in [0.4, 0.5) is 4.79 Å². The van der Waals surface area contributed by atoms with Gasteiger partial charge in [0.25, 0.3) is 0 Å². The molecule has 5 nitrogen and oxygen atoms in total. The van der Waals surface area contributed by atoms with E-state index in [0.717, 1.165) is 23.9 Å². The number of likely N-dealkylation sites (tertiary alicyclic amines) is 1. The minimum Gasteiger partial charge on any atom is -0.444 e. The molecule has 2 aliphatic rings. The number of alkyl halides is 1. The molecule has 0 N–H and O–H groups in total. The van der Waals surface area contributed by atoms with Crippen molar-refractivity contribution in [3.63, 3.8) is 0 Å². The van der Waals surface area contributed by atoms with Crippen molar-refractivity contribution < 1.29 is 19.0 Å². The Hall–Kier alpha value is -0.0800. The molecule has 2 unspecified atom stereocenters. The number of rotatable bonds is 3. The summed E-state index contributed by atoms with van der Waals surface area (Å²) in [5.74, 6) is 0.448. The Morgan fingerprint density at radius 2 is 1.95 bits per heavy atom. The van der Waals surface area contributed by atoms with Gasteiger partial charge in [0.2, 0.25) is 0 Å². The zero-order valence-corrected chi connectivity index (χ0v) is 16.2. The molecule has 2 saturated heterocycles. The van der Waals surface area contributed by atoms with Crippen molar-refractivity contribution in [2.45, 2.75) is 57.8 Å². The molecule has 0 aromatic heterocycles. The van der Waals surface area contributed by atoms with E-state index >= 15 is 0 Å². The molecule has 0 aliphatic carbocycles. The number of amides is 1. The topological polar surface area (TPSA) is 48.0 Å². The van der Waals surface area contributed by atoms with Crippen molar-refractivity contribution in [1.82, 2.24) is 4.90 Å². The van der Waals surface area contributed by atoms with E-state index in [0.29, 0.717) is 25.6 Å². The minimum absolute atomic E-state index is 0.133. The summed E-state index contributed by atoms with van der Waals surface area (Å²) in [5.41, 5.74) is -0.576. The summed E-state index contributed by atoms with van der Waals surface area (Å²) >= 11 is 2.40. The zero-order valence-electron chi connectivity index (χ0n) is 14.1.